The van der Waals surface area contributed by atoms with Crippen LogP contribution in [0.25, 0.3) is 0 Å². The lowest BCUT2D eigenvalue weighted by Crippen LogP contribution is -2.17. The Bertz CT molecular complexity index is 189. The Morgan fingerprint density at radius 1 is 1.64 bits per heavy atom. The van der Waals surface area contributed by atoms with E-state index in [1.54, 1.807) is 12.3 Å². The molecule has 59 valence electrons. The Balaban J connectivity index is 2.28. The number of aliphatic hydroxyl groups excluding tert-OH is 1. The highest BCUT2D eigenvalue weighted by atomic mass is 16.3. The lowest BCUT2D eigenvalue weighted by Gasteiger charge is -2.00. The molecule has 0 aliphatic carbocycles. The van der Waals surface area contributed by atoms with Crippen LogP contribution in [0, 0.1) is 6.20 Å². The number of nitrogens with zero attached hydrogens (tertiary/aromatic N) is 1. The van der Waals surface area contributed by atoms with E-state index in [1.807, 2.05) is 6.07 Å². The molecular formula is C8H11N2O. The summed E-state index contributed by atoms with van der Waals surface area (Å²) in [6, 6.07) is 3.72. The number of rotatable bonds is 4. The van der Waals surface area contributed by atoms with Crippen molar-refractivity contribution >= 4 is 0 Å². The van der Waals surface area contributed by atoms with Crippen molar-refractivity contribution in [1.29, 1.82) is 0 Å². The molecule has 0 saturated carbocycles. The molecule has 0 bridgehead atoms. The second-order valence-electron chi connectivity index (χ2n) is 2.20. The Morgan fingerprint density at radius 3 is 3.18 bits per heavy atom. The lowest BCUT2D eigenvalue weighted by atomic mass is 10.3. The van der Waals surface area contributed by atoms with Crippen molar-refractivity contribution in [3.63, 3.8) is 0 Å². The van der Waals surface area contributed by atoms with Gasteiger partial charge in [-0.05, 0) is 11.6 Å². The first kappa shape index (κ1) is 8.17. The van der Waals surface area contributed by atoms with E-state index in [-0.39, 0.29) is 6.61 Å². The molecule has 1 aromatic heterocycles. The topological polar surface area (TPSA) is 45.1 Å². The van der Waals surface area contributed by atoms with Gasteiger partial charge in [0.15, 0.2) is 0 Å². The molecule has 0 spiro atoms. The summed E-state index contributed by atoms with van der Waals surface area (Å²) in [4.78, 5) is 3.84. The molecule has 3 heteroatoms. The molecule has 2 N–H and O–H groups in total. The predicted molar refractivity (Wildman–Crippen MR) is 41.9 cm³/mol. The van der Waals surface area contributed by atoms with Gasteiger partial charge in [-0.15, -0.1) is 0 Å². The molecule has 11 heavy (non-hydrogen) atoms. The number of hydrogen-bond acceptors (Lipinski definition) is 3. The van der Waals surface area contributed by atoms with E-state index in [0.717, 1.165) is 12.1 Å². The van der Waals surface area contributed by atoms with Crippen molar-refractivity contribution < 1.29 is 5.11 Å². The molecule has 1 radical (unpaired) electrons. The molecule has 0 atom stereocenters. The largest absolute Gasteiger partial charge is 0.395 e. The van der Waals surface area contributed by atoms with Crippen LogP contribution in [0.2, 0.25) is 0 Å². The maximum absolute atomic E-state index is 8.46. The summed E-state index contributed by atoms with van der Waals surface area (Å²) < 4.78 is 0. The van der Waals surface area contributed by atoms with Crippen molar-refractivity contribution in [2.24, 2.45) is 0 Å². The molecule has 1 rings (SSSR count). The van der Waals surface area contributed by atoms with Gasteiger partial charge in [-0.1, -0.05) is 6.07 Å². The van der Waals surface area contributed by atoms with Gasteiger partial charge in [-0.2, -0.15) is 0 Å². The molecule has 0 aliphatic heterocycles. The fourth-order valence-electron chi connectivity index (χ4n) is 0.767. The zero-order valence-electron chi connectivity index (χ0n) is 6.25. The Morgan fingerprint density at radius 2 is 2.55 bits per heavy atom. The van der Waals surface area contributed by atoms with Crippen LogP contribution >= 0.6 is 0 Å². The predicted octanol–water partition coefficient (Wildman–Crippen LogP) is -0.0363. The van der Waals surface area contributed by atoms with Crippen molar-refractivity contribution in [2.75, 3.05) is 13.2 Å². The summed E-state index contributed by atoms with van der Waals surface area (Å²) in [7, 11) is 0. The highest BCUT2D eigenvalue weighted by molar-refractivity contribution is 5.07. The minimum atomic E-state index is 0.173. The molecule has 0 unspecified atom stereocenters. The first-order chi connectivity index (χ1) is 5.43. The van der Waals surface area contributed by atoms with Crippen LogP contribution in [-0.4, -0.2) is 23.2 Å². The smallest absolute Gasteiger partial charge is 0.0886 e. The first-order valence-corrected chi connectivity index (χ1v) is 3.56. The summed E-state index contributed by atoms with van der Waals surface area (Å²) in [6.07, 6.45) is 4.45. The molecule has 3 nitrogen and oxygen atoms in total. The minimum absolute atomic E-state index is 0.173. The Kier molecular flexibility index (Phi) is 3.58. The Hall–Kier alpha value is -0.930. The van der Waals surface area contributed by atoms with E-state index < -0.39 is 0 Å². The SMILES string of the molecule is OCCNCc1cc[c]nc1. The molecule has 1 aromatic rings. The van der Waals surface area contributed by atoms with E-state index in [2.05, 4.69) is 16.5 Å². The third-order valence-corrected chi connectivity index (χ3v) is 1.29. The third-order valence-electron chi connectivity index (χ3n) is 1.29. The standard InChI is InChI=1S/C8H11N2O/c11-5-4-10-7-8-2-1-3-9-6-8/h1-2,6,10-11H,4-5,7H2. The number of aromatic nitrogens is 1. The molecule has 0 saturated heterocycles. The van der Waals surface area contributed by atoms with Crippen LogP contribution in [0.1, 0.15) is 5.56 Å². The Labute approximate surface area is 66.1 Å². The monoisotopic (exact) mass is 151 g/mol. The van der Waals surface area contributed by atoms with Gasteiger partial charge in [-0.25, -0.2) is 0 Å². The van der Waals surface area contributed by atoms with Crippen molar-refractivity contribution in [3.8, 4) is 0 Å². The molecular weight excluding hydrogens is 140 g/mol. The summed E-state index contributed by atoms with van der Waals surface area (Å²) in [5, 5.41) is 11.5. The van der Waals surface area contributed by atoms with Gasteiger partial charge in [-0.3, -0.25) is 4.98 Å². The van der Waals surface area contributed by atoms with Gasteiger partial charge in [0.05, 0.1) is 12.8 Å². The molecule has 0 aromatic carbocycles. The second kappa shape index (κ2) is 4.82. The number of pyridine rings is 1. The summed E-state index contributed by atoms with van der Waals surface area (Å²) in [5.41, 5.74) is 1.11. The quantitative estimate of drug-likeness (QED) is 0.594. The minimum Gasteiger partial charge on any atom is -0.395 e. The van der Waals surface area contributed by atoms with E-state index in [9.17, 15) is 0 Å². The summed E-state index contributed by atoms with van der Waals surface area (Å²) >= 11 is 0. The lowest BCUT2D eigenvalue weighted by molar-refractivity contribution is 0.292. The zero-order chi connectivity index (χ0) is 7.94. The maximum atomic E-state index is 8.46. The van der Waals surface area contributed by atoms with Crippen LogP contribution < -0.4 is 5.32 Å². The van der Waals surface area contributed by atoms with Crippen LogP contribution in [0.15, 0.2) is 18.3 Å². The number of hydrogen-bond donors (Lipinski definition) is 2. The number of aliphatic hydroxyl groups is 1. The van der Waals surface area contributed by atoms with Crippen molar-refractivity contribution in [3.05, 3.63) is 30.1 Å². The van der Waals surface area contributed by atoms with Gasteiger partial charge >= 0.3 is 0 Å². The van der Waals surface area contributed by atoms with Crippen molar-refractivity contribution in [1.82, 2.24) is 10.3 Å². The van der Waals surface area contributed by atoms with Gasteiger partial charge in [0, 0.05) is 19.3 Å². The molecule has 0 fully saturated rings. The van der Waals surface area contributed by atoms with Crippen LogP contribution in [0.5, 0.6) is 0 Å². The van der Waals surface area contributed by atoms with E-state index >= 15 is 0 Å². The van der Waals surface area contributed by atoms with Gasteiger partial charge < -0.3 is 10.4 Å². The first-order valence-electron chi connectivity index (χ1n) is 3.56. The maximum Gasteiger partial charge on any atom is 0.0886 e. The van der Waals surface area contributed by atoms with Gasteiger partial charge in [0.2, 0.25) is 0 Å². The van der Waals surface area contributed by atoms with Crippen LogP contribution in [0.3, 0.4) is 0 Å². The van der Waals surface area contributed by atoms with Gasteiger partial charge in [0.1, 0.15) is 0 Å². The average molecular weight is 151 g/mol. The highest BCUT2D eigenvalue weighted by Gasteiger charge is 1.88. The second-order valence-corrected chi connectivity index (χ2v) is 2.20. The fourth-order valence-corrected chi connectivity index (χ4v) is 0.767. The molecule has 0 aliphatic rings. The summed E-state index contributed by atoms with van der Waals surface area (Å²) in [5.74, 6) is 0. The average Bonchev–Trinajstić information content (AvgIpc) is 2.07. The van der Waals surface area contributed by atoms with E-state index in [4.69, 9.17) is 5.11 Å². The normalized spacial score (nSPS) is 9.91. The summed E-state index contributed by atoms with van der Waals surface area (Å²) in [6.45, 7) is 1.55. The van der Waals surface area contributed by atoms with E-state index in [1.165, 1.54) is 0 Å². The van der Waals surface area contributed by atoms with Crippen LogP contribution in [0.4, 0.5) is 0 Å². The number of nitrogens with one attached hydrogen (secondary N) is 1. The molecule has 1 heterocycles. The van der Waals surface area contributed by atoms with E-state index in [0.29, 0.717) is 6.54 Å². The van der Waals surface area contributed by atoms with Crippen LogP contribution in [-0.2, 0) is 6.54 Å². The third kappa shape index (κ3) is 3.11. The highest BCUT2D eigenvalue weighted by Crippen LogP contribution is 1.92. The molecule has 0 amide bonds. The zero-order valence-corrected chi connectivity index (χ0v) is 6.25. The fraction of sp³-hybridized carbons (Fsp3) is 0.375. The van der Waals surface area contributed by atoms with Crippen molar-refractivity contribution in [2.45, 2.75) is 6.54 Å². The van der Waals surface area contributed by atoms with Gasteiger partial charge in [0.25, 0.3) is 0 Å².